The molecule has 0 heterocycles. The summed E-state index contributed by atoms with van der Waals surface area (Å²) >= 11 is 0. The average molecular weight is 291 g/mol. The molecule has 1 N–H and O–H groups in total. The van der Waals surface area contributed by atoms with Gasteiger partial charge in [-0.2, -0.15) is 0 Å². The first kappa shape index (κ1) is 16.2. The number of ether oxygens (including phenoxy) is 2. The van der Waals surface area contributed by atoms with Crippen LogP contribution in [0.3, 0.4) is 0 Å². The molecular weight excluding hydrogens is 262 g/mol. The highest BCUT2D eigenvalue weighted by Crippen LogP contribution is 2.40. The lowest BCUT2D eigenvalue weighted by molar-refractivity contribution is 0.189. The fraction of sp³-hybridized carbons (Fsp3) is 0.667. The predicted molar refractivity (Wildman–Crippen MR) is 87.2 cm³/mol. The van der Waals surface area contributed by atoms with Crippen LogP contribution >= 0.6 is 0 Å². The van der Waals surface area contributed by atoms with Crippen molar-refractivity contribution < 1.29 is 9.47 Å². The second kappa shape index (κ2) is 8.28. The Hall–Kier alpha value is -1.22. The number of benzene rings is 1. The third-order valence-corrected chi connectivity index (χ3v) is 4.55. The highest BCUT2D eigenvalue weighted by atomic mass is 16.5. The summed E-state index contributed by atoms with van der Waals surface area (Å²) in [6.07, 6.45) is 7.72. The lowest BCUT2D eigenvalue weighted by Crippen LogP contribution is -2.34. The van der Waals surface area contributed by atoms with Crippen molar-refractivity contribution in [1.82, 2.24) is 5.32 Å². The Morgan fingerprint density at radius 1 is 1.14 bits per heavy atom. The minimum atomic E-state index is 0.442. The van der Waals surface area contributed by atoms with Crippen molar-refractivity contribution in [2.75, 3.05) is 26.8 Å². The number of nitrogens with one attached hydrogen (secondary N) is 1. The molecule has 1 aromatic rings. The smallest absolute Gasteiger partial charge is 0.161 e. The molecule has 1 saturated carbocycles. The molecule has 1 aliphatic rings. The molecule has 0 radical (unpaired) electrons. The fourth-order valence-corrected chi connectivity index (χ4v) is 3.29. The second-order valence-corrected chi connectivity index (χ2v) is 6.13. The highest BCUT2D eigenvalue weighted by molar-refractivity contribution is 5.39. The van der Waals surface area contributed by atoms with Gasteiger partial charge in [0.05, 0.1) is 13.7 Å². The molecule has 0 amide bonds. The fourth-order valence-electron chi connectivity index (χ4n) is 3.29. The molecule has 3 nitrogen and oxygen atoms in total. The van der Waals surface area contributed by atoms with Crippen molar-refractivity contribution in [3.63, 3.8) is 0 Å². The molecule has 2 rings (SSSR count). The topological polar surface area (TPSA) is 30.5 Å². The molecule has 1 aromatic carbocycles. The van der Waals surface area contributed by atoms with E-state index in [0.717, 1.165) is 37.6 Å². The molecule has 0 aliphatic heterocycles. The van der Waals surface area contributed by atoms with E-state index in [-0.39, 0.29) is 0 Å². The molecule has 21 heavy (non-hydrogen) atoms. The van der Waals surface area contributed by atoms with Gasteiger partial charge in [-0.1, -0.05) is 31.9 Å². The van der Waals surface area contributed by atoms with Crippen LogP contribution in [0.2, 0.25) is 0 Å². The predicted octanol–water partition coefficient (Wildman–Crippen LogP) is 4.02. The number of methoxy groups -OCH3 is 1. The van der Waals surface area contributed by atoms with Gasteiger partial charge in [0.25, 0.3) is 0 Å². The van der Waals surface area contributed by atoms with Gasteiger partial charge in [-0.3, -0.25) is 0 Å². The van der Waals surface area contributed by atoms with E-state index in [1.807, 2.05) is 24.3 Å². The summed E-state index contributed by atoms with van der Waals surface area (Å²) in [6, 6.07) is 7.89. The van der Waals surface area contributed by atoms with Crippen molar-refractivity contribution in [2.45, 2.75) is 45.4 Å². The molecular formula is C18H29NO2. The van der Waals surface area contributed by atoms with E-state index in [9.17, 15) is 0 Å². The first-order valence-electron chi connectivity index (χ1n) is 8.26. The zero-order chi connectivity index (χ0) is 15.0. The molecule has 0 atom stereocenters. The molecule has 0 unspecified atom stereocenters. The van der Waals surface area contributed by atoms with Gasteiger partial charge in [0.15, 0.2) is 11.5 Å². The average Bonchev–Trinajstić information content (AvgIpc) is 2.97. The molecule has 0 saturated heterocycles. The minimum Gasteiger partial charge on any atom is -0.493 e. The van der Waals surface area contributed by atoms with Crippen LogP contribution in [0.25, 0.3) is 0 Å². The first-order chi connectivity index (χ1) is 10.3. The maximum Gasteiger partial charge on any atom is 0.161 e. The molecule has 0 spiro atoms. The van der Waals surface area contributed by atoms with E-state index in [1.54, 1.807) is 7.11 Å². The summed E-state index contributed by atoms with van der Waals surface area (Å²) in [6.45, 7) is 5.25. The van der Waals surface area contributed by atoms with Gasteiger partial charge in [0.2, 0.25) is 0 Å². The first-order valence-corrected chi connectivity index (χ1v) is 8.26. The summed E-state index contributed by atoms with van der Waals surface area (Å²) < 4.78 is 11.3. The third-order valence-electron chi connectivity index (χ3n) is 4.55. The lowest BCUT2D eigenvalue weighted by atomic mass is 9.83. The third kappa shape index (κ3) is 4.63. The Labute approximate surface area is 129 Å². The Bertz CT molecular complexity index is 413. The van der Waals surface area contributed by atoms with Crippen LogP contribution in [0.15, 0.2) is 24.3 Å². The van der Waals surface area contributed by atoms with Crippen LogP contribution in [0.1, 0.15) is 45.4 Å². The SMILES string of the molecule is CCCNCC1(CCOc2ccccc2OC)CCCC1. The van der Waals surface area contributed by atoms with Crippen molar-refractivity contribution in [2.24, 2.45) is 5.41 Å². The standard InChI is InChI=1S/C18H29NO2/c1-3-13-19-15-18(10-6-7-11-18)12-14-21-17-9-5-4-8-16(17)20-2/h4-5,8-9,19H,3,6-7,10-15H2,1-2H3. The Morgan fingerprint density at radius 3 is 2.52 bits per heavy atom. The summed E-state index contributed by atoms with van der Waals surface area (Å²) in [5, 5.41) is 3.61. The molecule has 0 aromatic heterocycles. The van der Waals surface area contributed by atoms with E-state index in [2.05, 4.69) is 12.2 Å². The largest absolute Gasteiger partial charge is 0.493 e. The van der Waals surface area contributed by atoms with Gasteiger partial charge in [-0.25, -0.2) is 0 Å². The van der Waals surface area contributed by atoms with Crippen LogP contribution in [0.4, 0.5) is 0 Å². The van der Waals surface area contributed by atoms with E-state index in [1.165, 1.54) is 32.1 Å². The molecule has 0 bridgehead atoms. The van der Waals surface area contributed by atoms with E-state index in [4.69, 9.17) is 9.47 Å². The lowest BCUT2D eigenvalue weighted by Gasteiger charge is -2.29. The van der Waals surface area contributed by atoms with E-state index < -0.39 is 0 Å². The Balaban J connectivity index is 1.84. The quantitative estimate of drug-likeness (QED) is 0.697. The van der Waals surface area contributed by atoms with Crippen molar-refractivity contribution in [3.05, 3.63) is 24.3 Å². The van der Waals surface area contributed by atoms with E-state index >= 15 is 0 Å². The number of hydrogen-bond donors (Lipinski definition) is 1. The van der Waals surface area contributed by atoms with Crippen molar-refractivity contribution in [3.8, 4) is 11.5 Å². The zero-order valence-electron chi connectivity index (χ0n) is 13.5. The maximum absolute atomic E-state index is 5.97. The number of rotatable bonds is 9. The molecule has 1 fully saturated rings. The molecule has 3 heteroatoms. The van der Waals surface area contributed by atoms with E-state index in [0.29, 0.717) is 5.41 Å². The van der Waals surface area contributed by atoms with Crippen molar-refractivity contribution in [1.29, 1.82) is 0 Å². The van der Waals surface area contributed by atoms with Gasteiger partial charge >= 0.3 is 0 Å². The summed E-state index contributed by atoms with van der Waals surface area (Å²) in [5.41, 5.74) is 0.442. The minimum absolute atomic E-state index is 0.442. The Kier molecular flexibility index (Phi) is 6.37. The van der Waals surface area contributed by atoms with Gasteiger partial charge < -0.3 is 14.8 Å². The summed E-state index contributed by atoms with van der Waals surface area (Å²) in [5.74, 6) is 1.68. The van der Waals surface area contributed by atoms with Crippen LogP contribution in [-0.4, -0.2) is 26.8 Å². The summed E-state index contributed by atoms with van der Waals surface area (Å²) in [7, 11) is 1.69. The van der Waals surface area contributed by atoms with Gasteiger partial charge in [-0.05, 0) is 49.8 Å². The maximum atomic E-state index is 5.97. The molecule has 1 aliphatic carbocycles. The van der Waals surface area contributed by atoms with Crippen molar-refractivity contribution >= 4 is 0 Å². The second-order valence-electron chi connectivity index (χ2n) is 6.13. The number of para-hydroxylation sites is 2. The van der Waals surface area contributed by atoms with Gasteiger partial charge in [0.1, 0.15) is 0 Å². The molecule has 118 valence electrons. The highest BCUT2D eigenvalue weighted by Gasteiger charge is 2.33. The van der Waals surface area contributed by atoms with Gasteiger partial charge in [0, 0.05) is 6.54 Å². The van der Waals surface area contributed by atoms with Crippen LogP contribution in [-0.2, 0) is 0 Å². The van der Waals surface area contributed by atoms with Crippen LogP contribution < -0.4 is 14.8 Å². The Morgan fingerprint density at radius 2 is 1.86 bits per heavy atom. The van der Waals surface area contributed by atoms with Gasteiger partial charge in [-0.15, -0.1) is 0 Å². The zero-order valence-corrected chi connectivity index (χ0v) is 13.5. The normalized spacial score (nSPS) is 16.9. The number of hydrogen-bond acceptors (Lipinski definition) is 3. The summed E-state index contributed by atoms with van der Waals surface area (Å²) in [4.78, 5) is 0. The van der Waals surface area contributed by atoms with Crippen LogP contribution in [0, 0.1) is 5.41 Å². The van der Waals surface area contributed by atoms with Crippen LogP contribution in [0.5, 0.6) is 11.5 Å². The monoisotopic (exact) mass is 291 g/mol.